The minimum absolute atomic E-state index is 0.0598. The van der Waals surface area contributed by atoms with Gasteiger partial charge in [0.2, 0.25) is 0 Å². The van der Waals surface area contributed by atoms with Gasteiger partial charge in [0.15, 0.2) is 0 Å². The van der Waals surface area contributed by atoms with Crippen LogP contribution in [0.25, 0.3) is 0 Å². The number of aryl methyl sites for hydroxylation is 1. The molecule has 2 heterocycles. The molecular weight excluding hydrogens is 447 g/mol. The first-order valence-electron chi connectivity index (χ1n) is 9.90. The van der Waals surface area contributed by atoms with Gasteiger partial charge in [0.1, 0.15) is 5.82 Å². The van der Waals surface area contributed by atoms with Crippen molar-refractivity contribution >= 4 is 40.8 Å². The number of aromatic nitrogens is 1. The van der Waals surface area contributed by atoms with Crippen LogP contribution in [-0.2, 0) is 0 Å². The number of rotatable bonds is 4. The molecule has 1 aliphatic heterocycles. The van der Waals surface area contributed by atoms with Crippen LogP contribution in [0.15, 0.2) is 29.2 Å². The largest absolute Gasteiger partial charge is 0.394 e. The monoisotopic (exact) mass is 471 g/mol. The number of thioether (sulfide) groups is 1. The van der Waals surface area contributed by atoms with Gasteiger partial charge in [0, 0.05) is 23.7 Å². The molecule has 0 atom stereocenters. The molecule has 1 amide bonds. The average molecular weight is 472 g/mol. The minimum Gasteiger partial charge on any atom is -0.356 e. The van der Waals surface area contributed by atoms with Crippen molar-refractivity contribution < 1.29 is 18.0 Å². The number of alkyl halides is 3. The predicted molar refractivity (Wildman–Crippen MR) is 121 cm³/mol. The van der Waals surface area contributed by atoms with Gasteiger partial charge >= 0.3 is 6.18 Å². The molecule has 0 saturated carbocycles. The second-order valence-corrected chi connectivity index (χ2v) is 9.32. The van der Waals surface area contributed by atoms with Gasteiger partial charge in [0.25, 0.3) is 5.91 Å². The summed E-state index contributed by atoms with van der Waals surface area (Å²) in [7, 11) is 0. The fraction of sp³-hybridized carbons (Fsp3) is 0.455. The molecule has 1 N–H and O–H groups in total. The molecule has 3 rings (SSSR count). The van der Waals surface area contributed by atoms with E-state index in [2.05, 4.69) is 10.3 Å². The zero-order valence-corrected chi connectivity index (χ0v) is 19.4. The molecule has 0 aliphatic carbocycles. The Kier molecular flexibility index (Phi) is 6.81. The van der Waals surface area contributed by atoms with E-state index < -0.39 is 11.6 Å². The normalized spacial score (nSPS) is 16.3. The highest BCUT2D eigenvalue weighted by Crippen LogP contribution is 2.46. The number of anilines is 2. The van der Waals surface area contributed by atoms with E-state index in [1.54, 1.807) is 36.6 Å². The molecule has 0 radical (unpaired) electrons. The van der Waals surface area contributed by atoms with Crippen LogP contribution in [0.1, 0.15) is 41.4 Å². The summed E-state index contributed by atoms with van der Waals surface area (Å²) in [4.78, 5) is 20.5. The summed E-state index contributed by atoms with van der Waals surface area (Å²) in [5, 5.41) is 3.26. The number of piperidine rings is 1. The Hall–Kier alpha value is -1.93. The lowest BCUT2D eigenvalue weighted by molar-refractivity contribution is -0.224. The molecule has 0 bridgehead atoms. The standard InChI is InChI=1S/C22H25ClF3N3OS/c1-13-17(20(30)28-15-6-5-7-16(12-15)31-4)19(27-14(2)18(13)23)29-10-8-21(3,9-11-29)22(24,25)26/h5-7,12H,8-11H2,1-4H3,(H,28,30). The SMILES string of the molecule is CSc1cccc(NC(=O)c2c(N3CCC(C)(C(F)(F)F)CC3)nc(C)c(Cl)c2C)c1. The third kappa shape index (κ3) is 4.80. The van der Waals surface area contributed by atoms with Crippen molar-refractivity contribution in [1.82, 2.24) is 4.98 Å². The first kappa shape index (κ1) is 23.7. The Morgan fingerprint density at radius 3 is 2.48 bits per heavy atom. The molecule has 1 fully saturated rings. The third-order valence-electron chi connectivity index (χ3n) is 5.92. The molecule has 4 nitrogen and oxygen atoms in total. The fourth-order valence-corrected chi connectivity index (χ4v) is 4.30. The van der Waals surface area contributed by atoms with E-state index in [0.29, 0.717) is 33.3 Å². The van der Waals surface area contributed by atoms with Gasteiger partial charge in [-0.1, -0.05) is 24.6 Å². The van der Waals surface area contributed by atoms with Crippen LogP contribution in [-0.4, -0.2) is 36.4 Å². The van der Waals surface area contributed by atoms with Crippen molar-refractivity contribution in [2.24, 2.45) is 5.41 Å². The first-order valence-corrected chi connectivity index (χ1v) is 11.5. The lowest BCUT2D eigenvalue weighted by Crippen LogP contribution is -2.47. The highest BCUT2D eigenvalue weighted by molar-refractivity contribution is 7.98. The summed E-state index contributed by atoms with van der Waals surface area (Å²) in [5.41, 5.74) is 0.287. The Morgan fingerprint density at radius 2 is 1.90 bits per heavy atom. The average Bonchev–Trinajstić information content (AvgIpc) is 2.71. The molecule has 31 heavy (non-hydrogen) atoms. The van der Waals surface area contributed by atoms with E-state index in [4.69, 9.17) is 11.6 Å². The topological polar surface area (TPSA) is 45.2 Å². The molecule has 1 aliphatic rings. The van der Waals surface area contributed by atoms with E-state index in [1.807, 2.05) is 24.5 Å². The van der Waals surface area contributed by atoms with Gasteiger partial charge < -0.3 is 10.2 Å². The van der Waals surface area contributed by atoms with E-state index in [-0.39, 0.29) is 31.8 Å². The second kappa shape index (κ2) is 8.90. The number of amides is 1. The fourth-order valence-electron chi connectivity index (χ4n) is 3.70. The lowest BCUT2D eigenvalue weighted by atomic mass is 9.79. The highest BCUT2D eigenvalue weighted by atomic mass is 35.5. The number of hydrogen-bond donors (Lipinski definition) is 1. The molecule has 1 aromatic heterocycles. The van der Waals surface area contributed by atoms with E-state index >= 15 is 0 Å². The molecule has 0 spiro atoms. The maximum absolute atomic E-state index is 13.4. The van der Waals surface area contributed by atoms with Gasteiger partial charge in [-0.15, -0.1) is 11.8 Å². The molecule has 168 valence electrons. The molecular formula is C22H25ClF3N3OS. The predicted octanol–water partition coefficient (Wildman–Crippen LogP) is 6.49. The molecule has 1 saturated heterocycles. The first-order chi connectivity index (χ1) is 14.5. The molecule has 0 unspecified atom stereocenters. The van der Waals surface area contributed by atoms with E-state index in [1.165, 1.54) is 6.92 Å². The smallest absolute Gasteiger partial charge is 0.356 e. The zero-order chi connectivity index (χ0) is 23.0. The zero-order valence-electron chi connectivity index (χ0n) is 17.9. The van der Waals surface area contributed by atoms with Crippen molar-refractivity contribution in [2.75, 3.05) is 29.6 Å². The minimum atomic E-state index is -4.26. The molecule has 2 aromatic rings. The van der Waals surface area contributed by atoms with E-state index in [0.717, 1.165) is 4.90 Å². The van der Waals surface area contributed by atoms with Gasteiger partial charge in [-0.3, -0.25) is 4.79 Å². The number of carbonyl (C=O) groups is 1. The Labute approximate surface area is 189 Å². The van der Waals surface area contributed by atoms with Gasteiger partial charge in [-0.2, -0.15) is 13.2 Å². The number of carbonyl (C=O) groups excluding carboxylic acids is 1. The van der Waals surface area contributed by atoms with Crippen LogP contribution in [0.4, 0.5) is 24.7 Å². The van der Waals surface area contributed by atoms with Gasteiger partial charge in [0.05, 0.1) is 21.7 Å². The highest BCUT2D eigenvalue weighted by Gasteiger charge is 2.52. The van der Waals surface area contributed by atoms with E-state index in [9.17, 15) is 18.0 Å². The number of hydrogen-bond acceptors (Lipinski definition) is 4. The summed E-state index contributed by atoms with van der Waals surface area (Å²) in [6.07, 6.45) is -2.44. The summed E-state index contributed by atoms with van der Waals surface area (Å²) in [5.74, 6) is -0.00791. The lowest BCUT2D eigenvalue weighted by Gasteiger charge is -2.41. The number of nitrogens with zero attached hydrogens (tertiary/aromatic N) is 2. The Bertz CT molecular complexity index is 989. The maximum Gasteiger partial charge on any atom is 0.394 e. The van der Waals surface area contributed by atoms with Crippen LogP contribution in [0.2, 0.25) is 5.02 Å². The van der Waals surface area contributed by atoms with Crippen LogP contribution in [0, 0.1) is 19.3 Å². The Morgan fingerprint density at radius 1 is 1.26 bits per heavy atom. The number of benzene rings is 1. The number of halogens is 4. The third-order valence-corrected chi connectivity index (χ3v) is 7.21. The quantitative estimate of drug-likeness (QED) is 0.517. The van der Waals surface area contributed by atoms with Crippen molar-refractivity contribution in [2.45, 2.75) is 44.7 Å². The van der Waals surface area contributed by atoms with Crippen LogP contribution in [0.3, 0.4) is 0 Å². The summed E-state index contributed by atoms with van der Waals surface area (Å²) in [6, 6.07) is 7.42. The molecule has 9 heteroatoms. The van der Waals surface area contributed by atoms with Crippen molar-refractivity contribution in [1.29, 1.82) is 0 Å². The van der Waals surface area contributed by atoms with Gasteiger partial charge in [-0.05, 0) is 56.7 Å². The van der Waals surface area contributed by atoms with Crippen molar-refractivity contribution in [3.63, 3.8) is 0 Å². The number of pyridine rings is 1. The van der Waals surface area contributed by atoms with Crippen molar-refractivity contribution in [3.8, 4) is 0 Å². The van der Waals surface area contributed by atoms with Crippen molar-refractivity contribution in [3.05, 3.63) is 46.1 Å². The van der Waals surface area contributed by atoms with Crippen LogP contribution >= 0.6 is 23.4 Å². The number of nitrogens with one attached hydrogen (secondary N) is 1. The van der Waals surface area contributed by atoms with Crippen LogP contribution in [0.5, 0.6) is 0 Å². The van der Waals surface area contributed by atoms with Crippen LogP contribution < -0.4 is 10.2 Å². The summed E-state index contributed by atoms with van der Waals surface area (Å²) < 4.78 is 40.3. The Balaban J connectivity index is 1.94. The summed E-state index contributed by atoms with van der Waals surface area (Å²) >= 11 is 7.94. The summed E-state index contributed by atoms with van der Waals surface area (Å²) in [6.45, 7) is 5.03. The maximum atomic E-state index is 13.4. The second-order valence-electron chi connectivity index (χ2n) is 8.07. The molecule has 1 aromatic carbocycles. The van der Waals surface area contributed by atoms with Gasteiger partial charge in [-0.25, -0.2) is 4.98 Å².